The molecule has 0 fully saturated rings. The molecule has 3 nitrogen and oxygen atoms in total. The van der Waals surface area contributed by atoms with Gasteiger partial charge in [0.1, 0.15) is 0 Å². The number of fused-ring (bicyclic) bond motifs is 1. The van der Waals surface area contributed by atoms with E-state index in [1.807, 2.05) is 19.1 Å². The average molecular weight is 302 g/mol. The molecule has 2 rings (SSSR count). The molecule has 1 aromatic carbocycles. The largest absolute Gasteiger partial charge is 0.352 e. The zero-order chi connectivity index (χ0) is 15.2. The van der Waals surface area contributed by atoms with Crippen LogP contribution in [0.3, 0.4) is 0 Å². The van der Waals surface area contributed by atoms with Crippen LogP contribution < -0.4 is 5.32 Å². The first-order valence-corrected chi connectivity index (χ1v) is 8.72. The molecule has 1 heterocycles. The number of rotatable bonds is 6. The van der Waals surface area contributed by atoms with Crippen LogP contribution in [0, 0.1) is 6.92 Å². The lowest BCUT2D eigenvalue weighted by atomic mass is 10.0. The highest BCUT2D eigenvalue weighted by Crippen LogP contribution is 2.20. The second-order valence-electron chi connectivity index (χ2n) is 5.12. The van der Waals surface area contributed by atoms with Crippen molar-refractivity contribution in [2.24, 2.45) is 0 Å². The predicted molar refractivity (Wildman–Crippen MR) is 91.2 cm³/mol. The Kier molecular flexibility index (Phi) is 5.62. The quantitative estimate of drug-likeness (QED) is 0.829. The smallest absolute Gasteiger partial charge is 0.252 e. The Bertz CT molecular complexity index is 640. The lowest BCUT2D eigenvalue weighted by Gasteiger charge is -2.10. The number of carbonyl (C=O) groups excluding carboxylic acids is 1. The highest BCUT2D eigenvalue weighted by molar-refractivity contribution is 7.98. The van der Waals surface area contributed by atoms with Crippen LogP contribution in [0.25, 0.3) is 10.9 Å². The number of aromatic nitrogens is 1. The number of hydrogen-bond donors (Lipinski definition) is 1. The van der Waals surface area contributed by atoms with Gasteiger partial charge >= 0.3 is 0 Å². The maximum atomic E-state index is 12.4. The molecule has 21 heavy (non-hydrogen) atoms. The van der Waals surface area contributed by atoms with E-state index in [4.69, 9.17) is 0 Å². The van der Waals surface area contributed by atoms with Gasteiger partial charge in [0.2, 0.25) is 0 Å². The second kappa shape index (κ2) is 7.46. The van der Waals surface area contributed by atoms with Gasteiger partial charge in [-0.3, -0.25) is 9.78 Å². The second-order valence-corrected chi connectivity index (χ2v) is 6.10. The summed E-state index contributed by atoms with van der Waals surface area (Å²) in [6, 6.07) is 8.05. The number of hydrogen-bond acceptors (Lipinski definition) is 3. The van der Waals surface area contributed by atoms with Crippen LogP contribution in [0.15, 0.2) is 24.3 Å². The third kappa shape index (κ3) is 3.97. The topological polar surface area (TPSA) is 42.0 Å². The van der Waals surface area contributed by atoms with Crippen molar-refractivity contribution in [3.8, 4) is 0 Å². The van der Waals surface area contributed by atoms with Crippen LogP contribution in [0.4, 0.5) is 0 Å². The van der Waals surface area contributed by atoms with Crippen LogP contribution in [0.5, 0.6) is 0 Å². The van der Waals surface area contributed by atoms with E-state index in [0.29, 0.717) is 0 Å². The van der Waals surface area contributed by atoms with Gasteiger partial charge in [0, 0.05) is 17.6 Å². The maximum absolute atomic E-state index is 12.4. The fourth-order valence-electron chi connectivity index (χ4n) is 2.33. The summed E-state index contributed by atoms with van der Waals surface area (Å²) in [5, 5.41) is 3.96. The Labute approximate surface area is 130 Å². The van der Waals surface area contributed by atoms with Gasteiger partial charge in [-0.25, -0.2) is 0 Å². The van der Waals surface area contributed by atoms with Crippen LogP contribution >= 0.6 is 11.8 Å². The minimum atomic E-state index is -0.000133. The molecule has 0 radical (unpaired) electrons. The first-order valence-electron chi connectivity index (χ1n) is 7.33. The lowest BCUT2D eigenvalue weighted by Crippen LogP contribution is -2.25. The third-order valence-electron chi connectivity index (χ3n) is 3.46. The SMILES string of the molecule is CCc1ccc2nc(C)cc(C(=O)NCCCSC)c2c1. The lowest BCUT2D eigenvalue weighted by molar-refractivity contribution is 0.0955. The number of thioether (sulfide) groups is 1. The first-order chi connectivity index (χ1) is 10.2. The molecular formula is C17H22N2OS. The molecular weight excluding hydrogens is 280 g/mol. The fraction of sp³-hybridized carbons (Fsp3) is 0.412. The Morgan fingerprint density at radius 2 is 2.14 bits per heavy atom. The highest BCUT2D eigenvalue weighted by Gasteiger charge is 2.12. The summed E-state index contributed by atoms with van der Waals surface area (Å²) in [4.78, 5) is 16.9. The van der Waals surface area contributed by atoms with E-state index in [1.165, 1.54) is 5.56 Å². The summed E-state index contributed by atoms with van der Waals surface area (Å²) in [6.07, 6.45) is 4.03. The molecule has 0 spiro atoms. The molecule has 0 saturated carbocycles. The van der Waals surface area contributed by atoms with Crippen molar-refractivity contribution in [3.05, 3.63) is 41.1 Å². The van der Waals surface area contributed by atoms with Crippen molar-refractivity contribution in [2.75, 3.05) is 18.6 Å². The van der Waals surface area contributed by atoms with Crippen molar-refractivity contribution in [1.82, 2.24) is 10.3 Å². The van der Waals surface area contributed by atoms with Gasteiger partial charge in [-0.05, 0) is 55.5 Å². The van der Waals surface area contributed by atoms with E-state index in [1.54, 1.807) is 11.8 Å². The zero-order valence-electron chi connectivity index (χ0n) is 12.9. The molecule has 0 bridgehead atoms. The summed E-state index contributed by atoms with van der Waals surface area (Å²) in [5.74, 6) is 1.07. The molecule has 2 aromatic rings. The standard InChI is InChI=1S/C17H22N2OS/c1-4-13-6-7-16-14(11-13)15(10-12(2)19-16)17(20)18-8-5-9-21-3/h6-7,10-11H,4-5,8-9H2,1-3H3,(H,18,20). The molecule has 0 unspecified atom stereocenters. The maximum Gasteiger partial charge on any atom is 0.252 e. The Morgan fingerprint density at radius 3 is 2.86 bits per heavy atom. The predicted octanol–water partition coefficient (Wildman–Crippen LogP) is 3.59. The van der Waals surface area contributed by atoms with Gasteiger partial charge < -0.3 is 5.32 Å². The summed E-state index contributed by atoms with van der Waals surface area (Å²) < 4.78 is 0. The summed E-state index contributed by atoms with van der Waals surface area (Å²) >= 11 is 1.80. The number of carbonyl (C=O) groups is 1. The van der Waals surface area contributed by atoms with Crippen LogP contribution in [-0.2, 0) is 6.42 Å². The van der Waals surface area contributed by atoms with Crippen molar-refractivity contribution < 1.29 is 4.79 Å². The minimum Gasteiger partial charge on any atom is -0.352 e. The minimum absolute atomic E-state index is 0.000133. The molecule has 1 N–H and O–H groups in total. The fourth-order valence-corrected chi connectivity index (χ4v) is 2.76. The molecule has 0 aliphatic carbocycles. The molecule has 0 saturated heterocycles. The third-order valence-corrected chi connectivity index (χ3v) is 4.16. The molecule has 0 atom stereocenters. The van der Waals surface area contributed by atoms with Gasteiger partial charge in [0.05, 0.1) is 11.1 Å². The molecule has 1 aromatic heterocycles. The van der Waals surface area contributed by atoms with Gasteiger partial charge in [-0.1, -0.05) is 13.0 Å². The number of aryl methyl sites for hydroxylation is 2. The number of benzene rings is 1. The van der Waals surface area contributed by atoms with Gasteiger partial charge in [-0.15, -0.1) is 0 Å². The van der Waals surface area contributed by atoms with Gasteiger partial charge in [0.25, 0.3) is 5.91 Å². The van der Waals surface area contributed by atoms with E-state index >= 15 is 0 Å². The van der Waals surface area contributed by atoms with Crippen LogP contribution in [-0.4, -0.2) is 29.4 Å². The first kappa shape index (κ1) is 15.8. The van der Waals surface area contributed by atoms with Crippen molar-refractivity contribution in [3.63, 3.8) is 0 Å². The van der Waals surface area contributed by atoms with Crippen molar-refractivity contribution in [2.45, 2.75) is 26.7 Å². The van der Waals surface area contributed by atoms with Crippen molar-refractivity contribution in [1.29, 1.82) is 0 Å². The number of amides is 1. The zero-order valence-corrected chi connectivity index (χ0v) is 13.7. The molecule has 112 valence electrons. The molecule has 1 amide bonds. The van der Waals surface area contributed by atoms with E-state index in [-0.39, 0.29) is 5.91 Å². The van der Waals surface area contributed by atoms with Gasteiger partial charge in [0.15, 0.2) is 0 Å². The monoisotopic (exact) mass is 302 g/mol. The van der Waals surface area contributed by atoms with Crippen molar-refractivity contribution >= 4 is 28.6 Å². The molecule has 0 aliphatic heterocycles. The Morgan fingerprint density at radius 1 is 1.33 bits per heavy atom. The van der Waals surface area contributed by atoms with E-state index in [9.17, 15) is 4.79 Å². The number of nitrogens with one attached hydrogen (secondary N) is 1. The van der Waals surface area contributed by atoms with E-state index < -0.39 is 0 Å². The summed E-state index contributed by atoms with van der Waals surface area (Å²) in [6.45, 7) is 4.76. The van der Waals surface area contributed by atoms with E-state index in [0.717, 1.165) is 47.3 Å². The van der Waals surface area contributed by atoms with Gasteiger partial charge in [-0.2, -0.15) is 11.8 Å². The average Bonchev–Trinajstić information content (AvgIpc) is 2.50. The number of nitrogens with zero attached hydrogens (tertiary/aromatic N) is 1. The Balaban J connectivity index is 2.30. The summed E-state index contributed by atoms with van der Waals surface area (Å²) in [5.41, 5.74) is 3.73. The molecule has 4 heteroatoms. The normalized spacial score (nSPS) is 10.8. The number of pyridine rings is 1. The summed E-state index contributed by atoms with van der Waals surface area (Å²) in [7, 11) is 0. The highest BCUT2D eigenvalue weighted by atomic mass is 32.2. The molecule has 0 aliphatic rings. The van der Waals surface area contributed by atoms with Crippen LogP contribution in [0.1, 0.15) is 35.0 Å². The van der Waals surface area contributed by atoms with E-state index in [2.05, 4.69) is 35.6 Å². The van der Waals surface area contributed by atoms with Crippen LogP contribution in [0.2, 0.25) is 0 Å². The Hall–Kier alpha value is -1.55.